The lowest BCUT2D eigenvalue weighted by Gasteiger charge is -2.26. The van der Waals surface area contributed by atoms with Gasteiger partial charge < -0.3 is 10.5 Å². The van der Waals surface area contributed by atoms with Gasteiger partial charge in [-0.05, 0) is 11.6 Å². The molecule has 88 valence electrons. The Morgan fingerprint density at radius 3 is 2.75 bits per heavy atom. The van der Waals surface area contributed by atoms with Gasteiger partial charge in [0.1, 0.15) is 5.75 Å². The first kappa shape index (κ1) is 11.6. The summed E-state index contributed by atoms with van der Waals surface area (Å²) in [4.78, 5) is 2.45. The van der Waals surface area contributed by atoms with Gasteiger partial charge in [0, 0.05) is 42.9 Å². The molecular formula is C12H18N2OS. The highest BCUT2D eigenvalue weighted by Gasteiger charge is 2.12. The third-order valence-corrected chi connectivity index (χ3v) is 3.79. The molecule has 4 heteroatoms. The van der Waals surface area contributed by atoms with E-state index in [9.17, 15) is 0 Å². The van der Waals surface area contributed by atoms with Crippen LogP contribution in [0.5, 0.6) is 5.75 Å². The van der Waals surface area contributed by atoms with E-state index < -0.39 is 0 Å². The van der Waals surface area contributed by atoms with E-state index in [4.69, 9.17) is 10.5 Å². The van der Waals surface area contributed by atoms with Crippen LogP contribution in [-0.4, -0.2) is 36.6 Å². The third-order valence-electron chi connectivity index (χ3n) is 2.85. The number of nitrogens with zero attached hydrogens (tertiary/aromatic N) is 1. The summed E-state index contributed by atoms with van der Waals surface area (Å²) in [7, 11) is 1.66. The van der Waals surface area contributed by atoms with E-state index in [2.05, 4.69) is 11.0 Å². The van der Waals surface area contributed by atoms with Crippen molar-refractivity contribution in [2.45, 2.75) is 6.54 Å². The number of hydrogen-bond donors (Lipinski definition) is 1. The van der Waals surface area contributed by atoms with Crippen molar-refractivity contribution in [3.05, 3.63) is 23.8 Å². The Bertz CT molecular complexity index is 351. The molecule has 0 unspecified atom stereocenters. The normalized spacial score (nSPS) is 17.3. The number of anilines is 1. The summed E-state index contributed by atoms with van der Waals surface area (Å²) < 4.78 is 5.14. The molecule has 1 aromatic rings. The molecule has 2 rings (SSSR count). The van der Waals surface area contributed by atoms with Gasteiger partial charge in [-0.2, -0.15) is 11.8 Å². The minimum atomic E-state index is 0.829. The lowest BCUT2D eigenvalue weighted by Crippen LogP contribution is -2.32. The fourth-order valence-corrected chi connectivity index (χ4v) is 2.82. The van der Waals surface area contributed by atoms with Gasteiger partial charge in [-0.25, -0.2) is 0 Å². The Kier molecular flexibility index (Phi) is 3.96. The van der Waals surface area contributed by atoms with Crippen molar-refractivity contribution in [3.63, 3.8) is 0 Å². The van der Waals surface area contributed by atoms with Gasteiger partial charge in [0.25, 0.3) is 0 Å². The summed E-state index contributed by atoms with van der Waals surface area (Å²) in [5.41, 5.74) is 8.03. The smallest absolute Gasteiger partial charge is 0.120 e. The summed E-state index contributed by atoms with van der Waals surface area (Å²) in [6, 6.07) is 5.94. The molecule has 1 fully saturated rings. The Hall–Kier alpha value is -0.870. The number of nitrogen functional groups attached to an aromatic ring is 1. The van der Waals surface area contributed by atoms with Crippen LogP contribution in [0.3, 0.4) is 0 Å². The maximum Gasteiger partial charge on any atom is 0.120 e. The topological polar surface area (TPSA) is 38.5 Å². The summed E-state index contributed by atoms with van der Waals surface area (Å²) in [6.07, 6.45) is 0. The van der Waals surface area contributed by atoms with Crippen LogP contribution in [0.1, 0.15) is 5.56 Å². The average molecular weight is 238 g/mol. The first-order chi connectivity index (χ1) is 7.79. The fourth-order valence-electron chi connectivity index (χ4n) is 1.84. The standard InChI is InChI=1S/C12H18N2OS/c1-15-11-3-2-10(12(13)8-11)9-14-4-6-16-7-5-14/h2-3,8H,4-7,9,13H2,1H3. The molecule has 16 heavy (non-hydrogen) atoms. The van der Waals surface area contributed by atoms with E-state index in [1.807, 2.05) is 23.9 Å². The average Bonchev–Trinajstić information content (AvgIpc) is 2.33. The second-order valence-corrected chi connectivity index (χ2v) is 5.18. The number of nitrogens with two attached hydrogens (primary N) is 1. The van der Waals surface area contributed by atoms with Crippen LogP contribution in [0, 0.1) is 0 Å². The lowest BCUT2D eigenvalue weighted by atomic mass is 10.1. The predicted molar refractivity (Wildman–Crippen MR) is 70.0 cm³/mol. The molecule has 3 nitrogen and oxygen atoms in total. The van der Waals surface area contributed by atoms with E-state index in [0.717, 1.165) is 31.1 Å². The largest absolute Gasteiger partial charge is 0.497 e. The molecule has 2 N–H and O–H groups in total. The van der Waals surface area contributed by atoms with Crippen LogP contribution in [0.2, 0.25) is 0 Å². The Balaban J connectivity index is 2.03. The van der Waals surface area contributed by atoms with E-state index in [-0.39, 0.29) is 0 Å². The van der Waals surface area contributed by atoms with E-state index in [1.54, 1.807) is 7.11 Å². The molecule has 0 aromatic heterocycles. The number of benzene rings is 1. The molecule has 0 bridgehead atoms. The minimum absolute atomic E-state index is 0.829. The maximum absolute atomic E-state index is 6.00. The SMILES string of the molecule is COc1ccc(CN2CCSCC2)c(N)c1. The van der Waals surface area contributed by atoms with Crippen LogP contribution >= 0.6 is 11.8 Å². The van der Waals surface area contributed by atoms with E-state index >= 15 is 0 Å². The van der Waals surface area contributed by atoms with Gasteiger partial charge in [0.2, 0.25) is 0 Å². The fraction of sp³-hybridized carbons (Fsp3) is 0.500. The molecule has 0 aliphatic carbocycles. The molecule has 0 radical (unpaired) electrons. The molecule has 0 spiro atoms. The van der Waals surface area contributed by atoms with Crippen molar-refractivity contribution in [3.8, 4) is 5.75 Å². The zero-order valence-corrected chi connectivity index (χ0v) is 10.4. The van der Waals surface area contributed by atoms with Crippen LogP contribution in [0.25, 0.3) is 0 Å². The van der Waals surface area contributed by atoms with Crippen molar-refractivity contribution in [1.29, 1.82) is 0 Å². The number of hydrogen-bond acceptors (Lipinski definition) is 4. The molecule has 1 heterocycles. The molecular weight excluding hydrogens is 220 g/mol. The summed E-state index contributed by atoms with van der Waals surface area (Å²) in [6.45, 7) is 3.28. The van der Waals surface area contributed by atoms with Crippen molar-refractivity contribution in [2.24, 2.45) is 0 Å². The van der Waals surface area contributed by atoms with Crippen molar-refractivity contribution in [2.75, 3.05) is 37.4 Å². The lowest BCUT2D eigenvalue weighted by molar-refractivity contribution is 0.295. The molecule has 0 saturated carbocycles. The Morgan fingerprint density at radius 1 is 1.38 bits per heavy atom. The number of ether oxygens (including phenoxy) is 1. The van der Waals surface area contributed by atoms with Gasteiger partial charge in [-0.15, -0.1) is 0 Å². The van der Waals surface area contributed by atoms with Crippen LogP contribution in [0.15, 0.2) is 18.2 Å². The van der Waals surface area contributed by atoms with Gasteiger partial charge in [0.15, 0.2) is 0 Å². The highest BCUT2D eigenvalue weighted by atomic mass is 32.2. The minimum Gasteiger partial charge on any atom is -0.497 e. The van der Waals surface area contributed by atoms with Crippen LogP contribution < -0.4 is 10.5 Å². The van der Waals surface area contributed by atoms with E-state index in [0.29, 0.717) is 0 Å². The summed E-state index contributed by atoms with van der Waals surface area (Å²) in [5.74, 6) is 3.29. The van der Waals surface area contributed by atoms with Gasteiger partial charge in [-0.3, -0.25) is 4.90 Å². The predicted octanol–water partition coefficient (Wildman–Crippen LogP) is 1.83. The monoisotopic (exact) mass is 238 g/mol. The Morgan fingerprint density at radius 2 is 2.12 bits per heavy atom. The molecule has 1 aliphatic rings. The highest BCUT2D eigenvalue weighted by Crippen LogP contribution is 2.22. The first-order valence-corrected chi connectivity index (χ1v) is 6.67. The summed E-state index contributed by atoms with van der Waals surface area (Å²) in [5, 5.41) is 0. The van der Waals surface area contributed by atoms with Crippen LogP contribution in [0.4, 0.5) is 5.69 Å². The maximum atomic E-state index is 6.00. The van der Waals surface area contributed by atoms with Crippen molar-refractivity contribution >= 4 is 17.4 Å². The Labute approximate surface area is 101 Å². The summed E-state index contributed by atoms with van der Waals surface area (Å²) >= 11 is 2.03. The zero-order valence-electron chi connectivity index (χ0n) is 9.61. The van der Waals surface area contributed by atoms with Gasteiger partial charge >= 0.3 is 0 Å². The van der Waals surface area contributed by atoms with Crippen molar-refractivity contribution < 1.29 is 4.74 Å². The zero-order chi connectivity index (χ0) is 11.4. The highest BCUT2D eigenvalue weighted by molar-refractivity contribution is 7.99. The van der Waals surface area contributed by atoms with E-state index in [1.165, 1.54) is 17.1 Å². The second kappa shape index (κ2) is 5.46. The molecule has 0 atom stereocenters. The third kappa shape index (κ3) is 2.83. The number of thioether (sulfide) groups is 1. The number of rotatable bonds is 3. The molecule has 1 saturated heterocycles. The first-order valence-electron chi connectivity index (χ1n) is 5.52. The molecule has 1 aromatic carbocycles. The van der Waals surface area contributed by atoms with Gasteiger partial charge in [0.05, 0.1) is 7.11 Å². The molecule has 0 amide bonds. The van der Waals surface area contributed by atoms with Gasteiger partial charge in [-0.1, -0.05) is 6.07 Å². The quantitative estimate of drug-likeness (QED) is 0.815. The van der Waals surface area contributed by atoms with Crippen LogP contribution in [-0.2, 0) is 6.54 Å². The number of methoxy groups -OCH3 is 1. The van der Waals surface area contributed by atoms with Crippen molar-refractivity contribution in [1.82, 2.24) is 4.90 Å². The second-order valence-electron chi connectivity index (χ2n) is 3.95. The molecule has 1 aliphatic heterocycles.